The lowest BCUT2D eigenvalue weighted by atomic mass is 10.0. The lowest BCUT2D eigenvalue weighted by Crippen LogP contribution is -2.14. The molecule has 144 valence electrons. The molecule has 0 aliphatic heterocycles. The molecule has 4 aromatic rings. The summed E-state index contributed by atoms with van der Waals surface area (Å²) < 4.78 is 24.4. The Morgan fingerprint density at radius 2 is 1.86 bits per heavy atom. The minimum atomic E-state index is -0.357. The number of halogens is 1. The van der Waals surface area contributed by atoms with E-state index in [4.69, 9.17) is 8.94 Å². The molecule has 4 rings (SSSR count). The Bertz CT molecular complexity index is 1090. The number of aryl methyl sites for hydroxylation is 1. The number of rotatable bonds is 6. The summed E-state index contributed by atoms with van der Waals surface area (Å²) in [5.41, 5.74) is 3.61. The van der Waals surface area contributed by atoms with Crippen molar-refractivity contribution in [1.29, 1.82) is 0 Å². The van der Waals surface area contributed by atoms with Gasteiger partial charge in [0.25, 0.3) is 6.01 Å². The maximum atomic E-state index is 13.2. The Balaban J connectivity index is 1.63. The van der Waals surface area contributed by atoms with Crippen LogP contribution in [0.1, 0.15) is 48.6 Å². The van der Waals surface area contributed by atoms with Gasteiger partial charge in [0.1, 0.15) is 17.4 Å². The van der Waals surface area contributed by atoms with Gasteiger partial charge < -0.3 is 14.3 Å². The van der Waals surface area contributed by atoms with E-state index in [0.29, 0.717) is 35.7 Å². The molecule has 28 heavy (non-hydrogen) atoms. The van der Waals surface area contributed by atoms with Crippen LogP contribution in [0, 0.1) is 12.7 Å². The number of hydrogen-bond donors (Lipinski definition) is 1. The van der Waals surface area contributed by atoms with Crippen LogP contribution < -0.4 is 5.32 Å². The monoisotopic (exact) mass is 380 g/mol. The summed E-state index contributed by atoms with van der Waals surface area (Å²) >= 11 is 0. The van der Waals surface area contributed by atoms with Gasteiger partial charge in [-0.2, -0.15) is 9.97 Å². The van der Waals surface area contributed by atoms with E-state index < -0.39 is 0 Å². The molecule has 6 nitrogen and oxygen atoms in total. The summed E-state index contributed by atoms with van der Waals surface area (Å²) in [5.74, 6) is 1.10. The van der Waals surface area contributed by atoms with Gasteiger partial charge in [-0.05, 0) is 48.2 Å². The fourth-order valence-electron chi connectivity index (χ4n) is 3.03. The molecule has 2 aromatic heterocycles. The minimum absolute atomic E-state index is 0.276. The van der Waals surface area contributed by atoms with E-state index in [1.54, 1.807) is 19.1 Å². The van der Waals surface area contributed by atoms with Crippen molar-refractivity contribution in [1.82, 2.24) is 15.1 Å². The zero-order valence-electron chi connectivity index (χ0n) is 15.9. The highest BCUT2D eigenvalue weighted by molar-refractivity contribution is 5.75. The van der Waals surface area contributed by atoms with Gasteiger partial charge in [-0.25, -0.2) is 4.39 Å². The summed E-state index contributed by atoms with van der Waals surface area (Å²) in [6.45, 7) is 6.03. The number of hydrogen-bond acceptors (Lipinski definition) is 6. The van der Waals surface area contributed by atoms with E-state index in [9.17, 15) is 4.39 Å². The molecule has 0 amide bonds. The lowest BCUT2D eigenvalue weighted by Gasteiger charge is -2.13. The van der Waals surface area contributed by atoms with Crippen LogP contribution in [0.2, 0.25) is 0 Å². The number of nitrogens with one attached hydrogen (secondary N) is 1. The highest BCUT2D eigenvalue weighted by Gasteiger charge is 2.21. The number of aromatic nitrogens is 3. The Hall–Kier alpha value is -3.22. The van der Waals surface area contributed by atoms with E-state index in [1.165, 1.54) is 17.7 Å². The van der Waals surface area contributed by atoms with Crippen molar-refractivity contribution in [3.05, 3.63) is 71.1 Å². The lowest BCUT2D eigenvalue weighted by molar-refractivity contribution is 0.356. The first kappa shape index (κ1) is 18.2. The number of oxazole rings is 1. The molecule has 1 unspecified atom stereocenters. The van der Waals surface area contributed by atoms with Crippen molar-refractivity contribution in [3.8, 4) is 0 Å². The molecule has 1 N–H and O–H groups in total. The molecule has 0 fully saturated rings. The molecule has 0 aliphatic rings. The molecule has 2 heterocycles. The Labute approximate surface area is 161 Å². The second kappa shape index (κ2) is 7.42. The summed E-state index contributed by atoms with van der Waals surface area (Å²) in [7, 11) is 0. The Morgan fingerprint density at radius 1 is 1.07 bits per heavy atom. The van der Waals surface area contributed by atoms with Gasteiger partial charge in [0, 0.05) is 6.42 Å². The predicted molar refractivity (Wildman–Crippen MR) is 104 cm³/mol. The molecule has 7 heteroatoms. The van der Waals surface area contributed by atoms with Crippen molar-refractivity contribution < 1.29 is 13.3 Å². The minimum Gasteiger partial charge on any atom is -0.424 e. The van der Waals surface area contributed by atoms with Gasteiger partial charge in [0.2, 0.25) is 5.89 Å². The van der Waals surface area contributed by atoms with Gasteiger partial charge in [-0.15, -0.1) is 0 Å². The van der Waals surface area contributed by atoms with Gasteiger partial charge in [0.15, 0.2) is 11.4 Å². The Kier molecular flexibility index (Phi) is 4.81. The average Bonchev–Trinajstić information content (AvgIpc) is 3.27. The quantitative estimate of drug-likeness (QED) is 0.497. The van der Waals surface area contributed by atoms with Crippen LogP contribution in [0.15, 0.2) is 51.4 Å². The number of benzene rings is 2. The highest BCUT2D eigenvalue weighted by Crippen LogP contribution is 2.27. The summed E-state index contributed by atoms with van der Waals surface area (Å²) in [5, 5.41) is 7.11. The molecular formula is C21H21FN4O2. The summed E-state index contributed by atoms with van der Waals surface area (Å²) in [6, 6.07) is 12.3. The fourth-order valence-corrected chi connectivity index (χ4v) is 3.03. The van der Waals surface area contributed by atoms with Crippen LogP contribution in [-0.4, -0.2) is 15.1 Å². The topological polar surface area (TPSA) is 77.0 Å². The third-order valence-corrected chi connectivity index (χ3v) is 4.57. The number of anilines is 1. The van der Waals surface area contributed by atoms with Crippen molar-refractivity contribution in [2.75, 3.05) is 5.32 Å². The smallest absolute Gasteiger partial charge is 0.296 e. The average molecular weight is 380 g/mol. The third kappa shape index (κ3) is 3.88. The van der Waals surface area contributed by atoms with E-state index in [2.05, 4.69) is 34.3 Å². The summed E-state index contributed by atoms with van der Waals surface area (Å²) in [4.78, 5) is 8.88. The van der Waals surface area contributed by atoms with Crippen LogP contribution >= 0.6 is 0 Å². The van der Waals surface area contributed by atoms with Crippen LogP contribution in [-0.2, 0) is 6.42 Å². The molecule has 0 radical (unpaired) electrons. The van der Waals surface area contributed by atoms with Crippen molar-refractivity contribution in [3.63, 3.8) is 0 Å². The molecule has 0 saturated carbocycles. The Morgan fingerprint density at radius 3 is 2.54 bits per heavy atom. The fraction of sp³-hybridized carbons (Fsp3) is 0.286. The van der Waals surface area contributed by atoms with Gasteiger partial charge in [-0.1, -0.05) is 37.2 Å². The molecular weight excluding hydrogens is 359 g/mol. The third-order valence-electron chi connectivity index (χ3n) is 4.57. The van der Waals surface area contributed by atoms with Crippen LogP contribution in [0.3, 0.4) is 0 Å². The zero-order valence-corrected chi connectivity index (χ0v) is 15.9. The van der Waals surface area contributed by atoms with Crippen LogP contribution in [0.4, 0.5) is 10.4 Å². The van der Waals surface area contributed by atoms with Crippen LogP contribution in [0.25, 0.3) is 11.1 Å². The normalized spacial score (nSPS) is 12.6. The van der Waals surface area contributed by atoms with E-state index in [1.807, 2.05) is 18.2 Å². The molecule has 0 spiro atoms. The van der Waals surface area contributed by atoms with E-state index in [-0.39, 0.29) is 11.9 Å². The SMILES string of the molecule is Cc1noc(C(Cc2ccc(F)cc2)Nc2nc3cc(C(C)C)ccc3o2)n1. The maximum absolute atomic E-state index is 13.2. The van der Waals surface area contributed by atoms with E-state index >= 15 is 0 Å². The highest BCUT2D eigenvalue weighted by atomic mass is 19.1. The second-order valence-electron chi connectivity index (χ2n) is 7.11. The van der Waals surface area contributed by atoms with Crippen molar-refractivity contribution in [2.24, 2.45) is 0 Å². The maximum Gasteiger partial charge on any atom is 0.296 e. The number of fused-ring (bicyclic) bond motifs is 1. The largest absolute Gasteiger partial charge is 0.424 e. The first-order valence-electron chi connectivity index (χ1n) is 9.19. The first-order valence-corrected chi connectivity index (χ1v) is 9.19. The van der Waals surface area contributed by atoms with Gasteiger partial charge >= 0.3 is 0 Å². The van der Waals surface area contributed by atoms with Crippen molar-refractivity contribution >= 4 is 17.1 Å². The van der Waals surface area contributed by atoms with Gasteiger partial charge in [0.05, 0.1) is 0 Å². The molecule has 2 aromatic carbocycles. The molecule has 0 bridgehead atoms. The van der Waals surface area contributed by atoms with Crippen LogP contribution in [0.5, 0.6) is 0 Å². The van der Waals surface area contributed by atoms with Crippen molar-refractivity contribution in [2.45, 2.75) is 39.2 Å². The molecule has 0 saturated heterocycles. The predicted octanol–water partition coefficient (Wildman–Crippen LogP) is 5.18. The summed E-state index contributed by atoms with van der Waals surface area (Å²) in [6.07, 6.45) is 0.512. The second-order valence-corrected chi connectivity index (χ2v) is 7.11. The first-order chi connectivity index (χ1) is 13.5. The molecule has 0 aliphatic carbocycles. The van der Waals surface area contributed by atoms with E-state index in [0.717, 1.165) is 11.1 Å². The molecule has 1 atom stereocenters. The van der Waals surface area contributed by atoms with Gasteiger partial charge in [-0.3, -0.25) is 0 Å². The zero-order chi connectivity index (χ0) is 19.7. The standard InChI is InChI=1S/C21H21FN4O2/c1-12(2)15-6-9-19-17(11-15)24-21(27-19)25-18(20-23-13(3)26-28-20)10-14-4-7-16(22)8-5-14/h4-9,11-12,18H,10H2,1-3H3,(H,24,25). The number of nitrogens with zero attached hydrogens (tertiary/aromatic N) is 3.